The van der Waals surface area contributed by atoms with Crippen molar-refractivity contribution in [3.63, 3.8) is 0 Å². The molecule has 2 N–H and O–H groups in total. The van der Waals surface area contributed by atoms with Crippen molar-refractivity contribution in [3.8, 4) is 11.5 Å². The van der Waals surface area contributed by atoms with Crippen LogP contribution in [-0.2, 0) is 15.4 Å². The first-order valence-electron chi connectivity index (χ1n) is 11.5. The standard InChI is InChI=1S/C26H23ClF3N3O5S2/c1-25(2,16-9-20(37-3)12-21(10-16)38-26(28,29)30)15-7-17(27)11-18(8-15)32-23(34)22-6-14-5-19(33-40(4,35)36)13-31-24(14)39-22/h5-13,33H,1-4H3,(H,32,34). The van der Waals surface area contributed by atoms with Crippen LogP contribution >= 0.6 is 22.9 Å². The van der Waals surface area contributed by atoms with Crippen LogP contribution in [0.1, 0.15) is 34.6 Å². The number of halogens is 4. The summed E-state index contributed by atoms with van der Waals surface area (Å²) in [5.74, 6) is -0.707. The van der Waals surface area contributed by atoms with E-state index in [1.54, 1.807) is 50.2 Å². The Hall–Kier alpha value is -3.55. The first-order valence-corrected chi connectivity index (χ1v) is 14.6. The number of carbonyl (C=O) groups is 1. The van der Waals surface area contributed by atoms with Crippen molar-refractivity contribution < 1.29 is 35.9 Å². The predicted octanol–water partition coefficient (Wildman–Crippen LogP) is 6.81. The Morgan fingerprint density at radius 2 is 1.65 bits per heavy atom. The number of hydrogen-bond donors (Lipinski definition) is 2. The van der Waals surface area contributed by atoms with Gasteiger partial charge in [0.05, 0.1) is 30.1 Å². The minimum Gasteiger partial charge on any atom is -0.497 e. The number of benzene rings is 2. The van der Waals surface area contributed by atoms with Crippen molar-refractivity contribution >= 4 is 60.5 Å². The summed E-state index contributed by atoms with van der Waals surface area (Å²) in [4.78, 5) is 18.1. The van der Waals surface area contributed by atoms with Gasteiger partial charge in [0.2, 0.25) is 10.0 Å². The van der Waals surface area contributed by atoms with Crippen molar-refractivity contribution in [1.29, 1.82) is 0 Å². The molecule has 40 heavy (non-hydrogen) atoms. The number of methoxy groups -OCH3 is 1. The zero-order chi connectivity index (χ0) is 29.5. The number of aromatic nitrogens is 1. The van der Waals surface area contributed by atoms with Gasteiger partial charge in [0, 0.05) is 27.6 Å². The number of sulfonamides is 1. The number of thiophene rings is 1. The maximum absolute atomic E-state index is 13.1. The Kier molecular flexibility index (Phi) is 7.94. The lowest BCUT2D eigenvalue weighted by atomic mass is 9.78. The van der Waals surface area contributed by atoms with E-state index < -0.39 is 33.5 Å². The Bertz CT molecular complexity index is 1710. The maximum atomic E-state index is 13.1. The van der Waals surface area contributed by atoms with E-state index in [4.69, 9.17) is 16.3 Å². The van der Waals surface area contributed by atoms with E-state index in [9.17, 15) is 26.4 Å². The number of nitrogens with zero attached hydrogens (tertiary/aromatic N) is 1. The number of ether oxygens (including phenoxy) is 2. The van der Waals surface area contributed by atoms with Crippen molar-refractivity contribution in [3.05, 3.63) is 75.8 Å². The van der Waals surface area contributed by atoms with Gasteiger partial charge >= 0.3 is 6.36 Å². The summed E-state index contributed by atoms with van der Waals surface area (Å²) < 4.78 is 73.3. The van der Waals surface area contributed by atoms with Crippen LogP contribution in [0.25, 0.3) is 10.2 Å². The molecule has 0 saturated heterocycles. The quantitative estimate of drug-likeness (QED) is 0.226. The van der Waals surface area contributed by atoms with E-state index in [-0.39, 0.29) is 11.4 Å². The first-order chi connectivity index (χ1) is 18.5. The van der Waals surface area contributed by atoms with Gasteiger partial charge in [-0.1, -0.05) is 25.4 Å². The van der Waals surface area contributed by atoms with Crippen LogP contribution in [0.5, 0.6) is 11.5 Å². The van der Waals surface area contributed by atoms with Crippen LogP contribution in [0.4, 0.5) is 24.5 Å². The molecule has 0 saturated carbocycles. The number of alkyl halides is 3. The van der Waals surface area contributed by atoms with E-state index in [1.165, 1.54) is 19.4 Å². The van der Waals surface area contributed by atoms with Gasteiger partial charge in [-0.15, -0.1) is 24.5 Å². The molecule has 0 aliphatic carbocycles. The lowest BCUT2D eigenvalue weighted by molar-refractivity contribution is -0.274. The van der Waals surface area contributed by atoms with Crippen molar-refractivity contribution in [2.24, 2.45) is 0 Å². The highest BCUT2D eigenvalue weighted by atomic mass is 35.5. The largest absolute Gasteiger partial charge is 0.573 e. The van der Waals surface area contributed by atoms with E-state index in [0.29, 0.717) is 36.9 Å². The van der Waals surface area contributed by atoms with Crippen LogP contribution in [0, 0.1) is 0 Å². The summed E-state index contributed by atoms with van der Waals surface area (Å²) >= 11 is 7.49. The fourth-order valence-electron chi connectivity index (χ4n) is 3.94. The van der Waals surface area contributed by atoms with Gasteiger partial charge in [0.25, 0.3) is 5.91 Å². The molecule has 0 aliphatic rings. The molecule has 2 heterocycles. The summed E-state index contributed by atoms with van der Waals surface area (Å²) in [6.45, 7) is 3.58. The number of anilines is 2. The molecule has 1 amide bonds. The summed E-state index contributed by atoms with van der Waals surface area (Å²) in [7, 11) is -2.16. The fourth-order valence-corrected chi connectivity index (χ4v) is 5.59. The summed E-state index contributed by atoms with van der Waals surface area (Å²) in [5, 5.41) is 3.66. The SMILES string of the molecule is COc1cc(OC(F)(F)F)cc(C(C)(C)c2cc(Cl)cc(NC(=O)c3cc4cc(NS(C)(=O)=O)cnc4s3)c2)c1. The lowest BCUT2D eigenvalue weighted by Crippen LogP contribution is -2.21. The molecule has 0 spiro atoms. The Morgan fingerprint density at radius 3 is 2.30 bits per heavy atom. The summed E-state index contributed by atoms with van der Waals surface area (Å²) in [6.07, 6.45) is -2.50. The highest BCUT2D eigenvalue weighted by Crippen LogP contribution is 2.39. The van der Waals surface area contributed by atoms with Crippen LogP contribution in [0.2, 0.25) is 5.02 Å². The normalized spacial score (nSPS) is 12.3. The predicted molar refractivity (Wildman–Crippen MR) is 149 cm³/mol. The van der Waals surface area contributed by atoms with Crippen LogP contribution in [-0.4, -0.2) is 39.0 Å². The number of carbonyl (C=O) groups excluding carboxylic acids is 1. The fraction of sp³-hybridized carbons (Fsp3) is 0.231. The minimum atomic E-state index is -4.88. The Labute approximate surface area is 237 Å². The number of hydrogen-bond acceptors (Lipinski definition) is 7. The summed E-state index contributed by atoms with van der Waals surface area (Å²) in [5.41, 5.74) is 0.811. The van der Waals surface area contributed by atoms with Gasteiger partial charge in [-0.25, -0.2) is 13.4 Å². The molecule has 212 valence electrons. The van der Waals surface area contributed by atoms with Gasteiger partial charge in [-0.2, -0.15) is 0 Å². The van der Waals surface area contributed by atoms with Gasteiger partial charge < -0.3 is 14.8 Å². The number of amides is 1. The van der Waals surface area contributed by atoms with Crippen LogP contribution in [0.3, 0.4) is 0 Å². The molecule has 2 aromatic heterocycles. The highest BCUT2D eigenvalue weighted by molar-refractivity contribution is 7.92. The highest BCUT2D eigenvalue weighted by Gasteiger charge is 2.33. The molecule has 0 aliphatic heterocycles. The van der Waals surface area contributed by atoms with E-state index in [1.807, 2.05) is 0 Å². The van der Waals surface area contributed by atoms with Crippen LogP contribution < -0.4 is 19.5 Å². The molecule has 0 atom stereocenters. The van der Waals surface area contributed by atoms with Crippen molar-refractivity contribution in [2.45, 2.75) is 25.6 Å². The number of nitrogens with one attached hydrogen (secondary N) is 2. The molecule has 2 aromatic carbocycles. The molecule has 4 rings (SSSR count). The lowest BCUT2D eigenvalue weighted by Gasteiger charge is -2.28. The average molecular weight is 614 g/mol. The Morgan fingerprint density at radius 1 is 0.975 bits per heavy atom. The third-order valence-corrected chi connectivity index (χ3v) is 7.73. The molecule has 0 radical (unpaired) electrons. The minimum absolute atomic E-state index is 0.175. The Balaban J connectivity index is 1.63. The average Bonchev–Trinajstić information content (AvgIpc) is 3.25. The van der Waals surface area contributed by atoms with Crippen molar-refractivity contribution in [2.75, 3.05) is 23.4 Å². The third-order valence-electron chi connectivity index (χ3n) is 5.85. The molecule has 8 nitrogen and oxygen atoms in total. The molecular formula is C26H23ClF3N3O5S2. The number of rotatable bonds is 8. The second-order valence-corrected chi connectivity index (χ2v) is 12.6. The smallest absolute Gasteiger partial charge is 0.497 e. The molecule has 0 bridgehead atoms. The molecule has 0 unspecified atom stereocenters. The van der Waals surface area contributed by atoms with Gasteiger partial charge in [0.1, 0.15) is 16.3 Å². The zero-order valence-corrected chi connectivity index (χ0v) is 23.9. The molecule has 4 aromatic rings. The van der Waals surface area contributed by atoms with Gasteiger partial charge in [-0.05, 0) is 53.6 Å². The topological polar surface area (TPSA) is 107 Å². The van der Waals surface area contributed by atoms with Crippen molar-refractivity contribution in [1.82, 2.24) is 4.98 Å². The van der Waals surface area contributed by atoms with E-state index in [0.717, 1.165) is 23.7 Å². The molecular weight excluding hydrogens is 591 g/mol. The zero-order valence-electron chi connectivity index (χ0n) is 21.5. The van der Waals surface area contributed by atoms with E-state index >= 15 is 0 Å². The third kappa shape index (κ3) is 7.14. The van der Waals surface area contributed by atoms with Gasteiger partial charge in [-0.3, -0.25) is 9.52 Å². The van der Waals surface area contributed by atoms with Crippen LogP contribution in [0.15, 0.2) is 54.7 Å². The maximum Gasteiger partial charge on any atom is 0.573 e. The monoisotopic (exact) mass is 613 g/mol. The number of fused-ring (bicyclic) bond motifs is 1. The second-order valence-electron chi connectivity index (χ2n) is 9.36. The molecule has 14 heteroatoms. The first kappa shape index (κ1) is 29.4. The molecule has 0 fully saturated rings. The second kappa shape index (κ2) is 10.8. The summed E-state index contributed by atoms with van der Waals surface area (Å²) in [6, 6.07) is 12.0. The van der Waals surface area contributed by atoms with E-state index in [2.05, 4.69) is 19.8 Å². The van der Waals surface area contributed by atoms with Gasteiger partial charge in [0.15, 0.2) is 0 Å². The number of pyridine rings is 1.